The van der Waals surface area contributed by atoms with Crippen LogP contribution < -0.4 is 4.74 Å². The number of hydrogen-bond acceptors (Lipinski definition) is 3. The Morgan fingerprint density at radius 1 is 1.37 bits per heavy atom. The summed E-state index contributed by atoms with van der Waals surface area (Å²) in [7, 11) is 1.96. The van der Waals surface area contributed by atoms with Crippen LogP contribution in [0.2, 0.25) is 0 Å². The van der Waals surface area contributed by atoms with Gasteiger partial charge in [-0.25, -0.2) is 0 Å². The molecule has 1 rings (SSSR count). The first-order valence-electron chi connectivity index (χ1n) is 6.66. The third-order valence-electron chi connectivity index (χ3n) is 3.20. The second kappa shape index (κ2) is 7.79. The Morgan fingerprint density at radius 2 is 2.00 bits per heavy atom. The van der Waals surface area contributed by atoms with Gasteiger partial charge < -0.3 is 14.7 Å². The first-order valence-corrected chi connectivity index (χ1v) is 6.66. The van der Waals surface area contributed by atoms with Gasteiger partial charge in [-0.05, 0) is 45.0 Å². The zero-order chi connectivity index (χ0) is 14.3. The van der Waals surface area contributed by atoms with Crippen LogP contribution in [-0.4, -0.2) is 42.2 Å². The number of likely N-dealkylation sites (N-methyl/N-ethyl adjacent to an activating group) is 1. The minimum absolute atomic E-state index is 0.185. The molecule has 4 heteroatoms. The molecule has 1 unspecified atom stereocenters. The van der Waals surface area contributed by atoms with Crippen molar-refractivity contribution in [1.29, 1.82) is 0 Å². The normalized spacial score (nSPS) is 12.4. The van der Waals surface area contributed by atoms with Gasteiger partial charge in [0.1, 0.15) is 5.75 Å². The van der Waals surface area contributed by atoms with Crippen molar-refractivity contribution in [3.05, 3.63) is 29.8 Å². The molecule has 0 bridgehead atoms. The van der Waals surface area contributed by atoms with E-state index in [0.29, 0.717) is 19.2 Å². The molecule has 106 valence electrons. The standard InChI is InChI=1S/C15H23NO3/c1-4-19-14-7-5-13(6-8-14)11-12(2)16(3)10-9-15(17)18/h5-8,12H,4,9-11H2,1-3H3,(H,17,18). The molecule has 0 radical (unpaired) electrons. The molecule has 19 heavy (non-hydrogen) atoms. The maximum atomic E-state index is 10.5. The maximum absolute atomic E-state index is 10.5. The SMILES string of the molecule is CCOc1ccc(CC(C)N(C)CCC(=O)O)cc1. The summed E-state index contributed by atoms with van der Waals surface area (Å²) in [5.74, 6) is 0.137. The van der Waals surface area contributed by atoms with Gasteiger partial charge in [-0.3, -0.25) is 4.79 Å². The number of hydrogen-bond donors (Lipinski definition) is 1. The average Bonchev–Trinajstić information content (AvgIpc) is 2.38. The van der Waals surface area contributed by atoms with Gasteiger partial charge in [0, 0.05) is 12.6 Å². The van der Waals surface area contributed by atoms with Crippen LogP contribution in [0.25, 0.3) is 0 Å². The average molecular weight is 265 g/mol. The van der Waals surface area contributed by atoms with E-state index in [1.807, 2.05) is 26.1 Å². The van der Waals surface area contributed by atoms with E-state index < -0.39 is 5.97 Å². The fourth-order valence-electron chi connectivity index (χ4n) is 1.88. The van der Waals surface area contributed by atoms with Crippen LogP contribution in [0, 0.1) is 0 Å². The summed E-state index contributed by atoms with van der Waals surface area (Å²) in [6, 6.07) is 8.39. The van der Waals surface area contributed by atoms with E-state index in [1.54, 1.807) is 0 Å². The van der Waals surface area contributed by atoms with Gasteiger partial charge in [0.2, 0.25) is 0 Å². The van der Waals surface area contributed by atoms with Crippen molar-refractivity contribution in [3.63, 3.8) is 0 Å². The Labute approximate surface area is 115 Å². The zero-order valence-corrected chi connectivity index (χ0v) is 11.9. The van der Waals surface area contributed by atoms with Crippen LogP contribution in [0.3, 0.4) is 0 Å². The summed E-state index contributed by atoms with van der Waals surface area (Å²) < 4.78 is 5.40. The van der Waals surface area contributed by atoms with Gasteiger partial charge in [0.15, 0.2) is 0 Å². The van der Waals surface area contributed by atoms with Crippen molar-refractivity contribution < 1.29 is 14.6 Å². The van der Waals surface area contributed by atoms with E-state index in [0.717, 1.165) is 12.2 Å². The van der Waals surface area contributed by atoms with Gasteiger partial charge in [-0.2, -0.15) is 0 Å². The quantitative estimate of drug-likeness (QED) is 0.784. The number of carbonyl (C=O) groups is 1. The molecule has 1 atom stereocenters. The van der Waals surface area contributed by atoms with Crippen LogP contribution in [0.1, 0.15) is 25.8 Å². The van der Waals surface area contributed by atoms with E-state index in [9.17, 15) is 4.79 Å². The molecule has 0 amide bonds. The molecule has 0 saturated carbocycles. The van der Waals surface area contributed by atoms with Crippen molar-refractivity contribution in [3.8, 4) is 5.75 Å². The van der Waals surface area contributed by atoms with Crippen LogP contribution in [0.15, 0.2) is 24.3 Å². The number of carboxylic acid groups (broad SMARTS) is 1. The lowest BCUT2D eigenvalue weighted by Crippen LogP contribution is -2.32. The lowest BCUT2D eigenvalue weighted by Gasteiger charge is -2.24. The molecular weight excluding hydrogens is 242 g/mol. The largest absolute Gasteiger partial charge is 0.494 e. The zero-order valence-electron chi connectivity index (χ0n) is 11.9. The molecular formula is C15H23NO3. The van der Waals surface area contributed by atoms with Gasteiger partial charge in [-0.1, -0.05) is 12.1 Å². The van der Waals surface area contributed by atoms with E-state index in [-0.39, 0.29) is 6.42 Å². The summed E-state index contributed by atoms with van der Waals surface area (Å²) >= 11 is 0. The Bertz CT molecular complexity index is 389. The summed E-state index contributed by atoms with van der Waals surface area (Å²) in [6.07, 6.45) is 1.09. The van der Waals surface area contributed by atoms with Crippen molar-refractivity contribution >= 4 is 5.97 Å². The number of carboxylic acids is 1. The van der Waals surface area contributed by atoms with Gasteiger partial charge in [0.25, 0.3) is 0 Å². The second-order valence-corrected chi connectivity index (χ2v) is 4.75. The Hall–Kier alpha value is -1.55. The predicted octanol–water partition coefficient (Wildman–Crippen LogP) is 2.42. The lowest BCUT2D eigenvalue weighted by molar-refractivity contribution is -0.137. The highest BCUT2D eigenvalue weighted by atomic mass is 16.5. The van der Waals surface area contributed by atoms with Gasteiger partial charge >= 0.3 is 5.97 Å². The summed E-state index contributed by atoms with van der Waals surface area (Å²) in [6.45, 7) is 5.33. The second-order valence-electron chi connectivity index (χ2n) is 4.75. The Balaban J connectivity index is 2.46. The third-order valence-corrected chi connectivity index (χ3v) is 3.20. The first kappa shape index (κ1) is 15.5. The van der Waals surface area contributed by atoms with E-state index in [1.165, 1.54) is 5.56 Å². The van der Waals surface area contributed by atoms with Crippen LogP contribution in [0.4, 0.5) is 0 Å². The van der Waals surface area contributed by atoms with Gasteiger partial charge in [0.05, 0.1) is 13.0 Å². The fourth-order valence-corrected chi connectivity index (χ4v) is 1.88. The molecule has 0 aliphatic rings. The summed E-state index contributed by atoms with van der Waals surface area (Å²) in [5.41, 5.74) is 1.23. The highest BCUT2D eigenvalue weighted by molar-refractivity contribution is 5.66. The topological polar surface area (TPSA) is 49.8 Å². The van der Waals surface area contributed by atoms with Crippen molar-refractivity contribution in [2.24, 2.45) is 0 Å². The van der Waals surface area contributed by atoms with Crippen LogP contribution in [-0.2, 0) is 11.2 Å². The van der Waals surface area contributed by atoms with Crippen molar-refractivity contribution in [1.82, 2.24) is 4.90 Å². The molecule has 1 aromatic rings. The Morgan fingerprint density at radius 3 is 2.53 bits per heavy atom. The molecule has 4 nitrogen and oxygen atoms in total. The van der Waals surface area contributed by atoms with Crippen LogP contribution >= 0.6 is 0 Å². The van der Waals surface area contributed by atoms with E-state index >= 15 is 0 Å². The molecule has 0 fully saturated rings. The molecule has 0 aliphatic carbocycles. The maximum Gasteiger partial charge on any atom is 0.304 e. The number of aliphatic carboxylic acids is 1. The minimum Gasteiger partial charge on any atom is -0.494 e. The lowest BCUT2D eigenvalue weighted by atomic mass is 10.1. The predicted molar refractivity (Wildman–Crippen MR) is 75.7 cm³/mol. The van der Waals surface area contributed by atoms with E-state index in [4.69, 9.17) is 9.84 Å². The molecule has 0 saturated heterocycles. The summed E-state index contributed by atoms with van der Waals surface area (Å²) in [4.78, 5) is 12.6. The third kappa shape index (κ3) is 5.75. The molecule has 0 aliphatic heterocycles. The molecule has 1 aromatic carbocycles. The summed E-state index contributed by atoms with van der Waals surface area (Å²) in [5, 5.41) is 8.67. The van der Waals surface area contributed by atoms with Crippen LogP contribution in [0.5, 0.6) is 5.75 Å². The smallest absolute Gasteiger partial charge is 0.304 e. The van der Waals surface area contributed by atoms with E-state index in [2.05, 4.69) is 24.0 Å². The highest BCUT2D eigenvalue weighted by Gasteiger charge is 2.11. The monoisotopic (exact) mass is 265 g/mol. The molecule has 0 aromatic heterocycles. The minimum atomic E-state index is -0.750. The number of nitrogens with zero attached hydrogens (tertiary/aromatic N) is 1. The van der Waals surface area contributed by atoms with Gasteiger partial charge in [-0.15, -0.1) is 0 Å². The highest BCUT2D eigenvalue weighted by Crippen LogP contribution is 2.14. The number of rotatable bonds is 8. The number of ether oxygens (including phenoxy) is 1. The Kier molecular flexibility index (Phi) is 6.36. The molecule has 0 heterocycles. The first-order chi connectivity index (χ1) is 9.02. The molecule has 0 spiro atoms. The van der Waals surface area contributed by atoms with Crippen molar-refractivity contribution in [2.45, 2.75) is 32.7 Å². The number of benzene rings is 1. The van der Waals surface area contributed by atoms with Crippen molar-refractivity contribution in [2.75, 3.05) is 20.2 Å². The molecule has 1 N–H and O–H groups in total. The fraction of sp³-hybridized carbons (Fsp3) is 0.533.